The number of halogens is 1. The van der Waals surface area contributed by atoms with Gasteiger partial charge in [0, 0.05) is 11.6 Å². The molecule has 1 amide bonds. The largest absolute Gasteiger partial charge is 0.497 e. The monoisotopic (exact) mass is 341 g/mol. The minimum absolute atomic E-state index is 0.0814. The summed E-state index contributed by atoms with van der Waals surface area (Å²) in [6.07, 6.45) is 1.80. The number of amides is 1. The van der Waals surface area contributed by atoms with Gasteiger partial charge in [-0.05, 0) is 54.3 Å². The van der Waals surface area contributed by atoms with Crippen LogP contribution in [-0.4, -0.2) is 19.1 Å². The number of aryl methyl sites for hydroxylation is 1. The molecule has 3 N–H and O–H groups in total. The van der Waals surface area contributed by atoms with Gasteiger partial charge in [0.2, 0.25) is 5.91 Å². The van der Waals surface area contributed by atoms with Crippen molar-refractivity contribution < 1.29 is 13.9 Å². The molecule has 0 radical (unpaired) electrons. The predicted octanol–water partition coefficient (Wildman–Crippen LogP) is 2.55. The Labute approximate surface area is 145 Å². The zero-order valence-corrected chi connectivity index (χ0v) is 13.9. The molecule has 5 nitrogen and oxygen atoms in total. The van der Waals surface area contributed by atoms with E-state index in [9.17, 15) is 9.18 Å². The molecule has 6 heteroatoms. The Kier molecular flexibility index (Phi) is 4.15. The molecule has 2 aromatic rings. The Morgan fingerprint density at radius 2 is 2.12 bits per heavy atom. The van der Waals surface area contributed by atoms with Gasteiger partial charge in [0.25, 0.3) is 0 Å². The lowest BCUT2D eigenvalue weighted by Crippen LogP contribution is -2.42. The molecule has 0 spiro atoms. The number of hydrazine groups is 1. The first-order valence-electron chi connectivity index (χ1n) is 8.40. The van der Waals surface area contributed by atoms with E-state index in [0.717, 1.165) is 18.6 Å². The maximum Gasteiger partial charge on any atom is 0.243 e. The Morgan fingerprint density at radius 1 is 1.24 bits per heavy atom. The van der Waals surface area contributed by atoms with E-state index in [1.807, 2.05) is 6.07 Å². The first-order chi connectivity index (χ1) is 12.2. The van der Waals surface area contributed by atoms with Crippen LogP contribution >= 0.6 is 0 Å². The summed E-state index contributed by atoms with van der Waals surface area (Å²) in [5.74, 6) is 0.481. The fourth-order valence-corrected chi connectivity index (χ4v) is 3.83. The average molecular weight is 341 g/mol. The van der Waals surface area contributed by atoms with Gasteiger partial charge in [0.1, 0.15) is 17.6 Å². The molecular weight excluding hydrogens is 321 g/mol. The summed E-state index contributed by atoms with van der Waals surface area (Å²) >= 11 is 0. The maximum absolute atomic E-state index is 13.3. The van der Waals surface area contributed by atoms with Gasteiger partial charge in [-0.25, -0.2) is 15.2 Å². The fraction of sp³-hybridized carbons (Fsp3) is 0.316. The highest BCUT2D eigenvalue weighted by atomic mass is 19.1. The van der Waals surface area contributed by atoms with E-state index >= 15 is 0 Å². The second-order valence-electron chi connectivity index (χ2n) is 6.51. The minimum atomic E-state index is -0.367. The van der Waals surface area contributed by atoms with Crippen LogP contribution in [0.25, 0.3) is 0 Å². The standard InChI is InChI=1S/C19H20FN3O2/c1-25-14-6-8-15-11(9-14)5-7-16-17(15)22-23-18(16)19(24)21-13-4-2-3-12(20)10-13/h2-4,6,8-10,16-18,22-23H,5,7H2,1H3,(H,21,24). The molecule has 2 aromatic carbocycles. The van der Waals surface area contributed by atoms with E-state index in [2.05, 4.69) is 28.3 Å². The van der Waals surface area contributed by atoms with Crippen molar-refractivity contribution in [1.82, 2.24) is 10.9 Å². The Balaban J connectivity index is 1.52. The lowest BCUT2D eigenvalue weighted by atomic mass is 9.77. The molecule has 0 bridgehead atoms. The number of fused-ring (bicyclic) bond motifs is 3. The Hall–Kier alpha value is -2.44. The summed E-state index contributed by atoms with van der Waals surface area (Å²) in [4.78, 5) is 12.6. The van der Waals surface area contributed by atoms with Crippen molar-refractivity contribution in [2.24, 2.45) is 5.92 Å². The third-order valence-electron chi connectivity index (χ3n) is 5.06. The molecule has 1 aliphatic carbocycles. The molecular formula is C19H20FN3O2. The van der Waals surface area contributed by atoms with Crippen LogP contribution < -0.4 is 20.9 Å². The predicted molar refractivity (Wildman–Crippen MR) is 92.6 cm³/mol. The number of carbonyl (C=O) groups excluding carboxylic acids is 1. The van der Waals surface area contributed by atoms with E-state index in [1.54, 1.807) is 19.2 Å². The van der Waals surface area contributed by atoms with E-state index in [4.69, 9.17) is 4.74 Å². The molecule has 1 saturated heterocycles. The molecule has 3 atom stereocenters. The van der Waals surface area contributed by atoms with Crippen molar-refractivity contribution >= 4 is 11.6 Å². The van der Waals surface area contributed by atoms with Crippen molar-refractivity contribution in [2.45, 2.75) is 24.9 Å². The molecule has 130 valence electrons. The number of ether oxygens (including phenoxy) is 1. The quantitative estimate of drug-likeness (QED) is 0.803. The number of methoxy groups -OCH3 is 1. The zero-order chi connectivity index (χ0) is 17.4. The normalized spacial score (nSPS) is 24.3. The second kappa shape index (κ2) is 6.46. The third-order valence-corrected chi connectivity index (χ3v) is 5.06. The van der Waals surface area contributed by atoms with E-state index < -0.39 is 0 Å². The maximum atomic E-state index is 13.3. The van der Waals surface area contributed by atoms with Crippen LogP contribution in [0.15, 0.2) is 42.5 Å². The molecule has 25 heavy (non-hydrogen) atoms. The number of nitrogens with one attached hydrogen (secondary N) is 3. The Bertz CT molecular complexity index is 811. The van der Waals surface area contributed by atoms with Gasteiger partial charge in [-0.15, -0.1) is 0 Å². The molecule has 3 unspecified atom stereocenters. The summed E-state index contributed by atoms with van der Waals surface area (Å²) in [5.41, 5.74) is 9.29. The SMILES string of the molecule is COc1ccc2c(c1)CCC1C(C(=O)Nc3cccc(F)c3)NNC21. The van der Waals surface area contributed by atoms with Crippen LogP contribution in [0.2, 0.25) is 0 Å². The van der Waals surface area contributed by atoms with Crippen molar-refractivity contribution in [1.29, 1.82) is 0 Å². The van der Waals surface area contributed by atoms with Crippen LogP contribution in [0.3, 0.4) is 0 Å². The lowest BCUT2D eigenvalue weighted by molar-refractivity contribution is -0.118. The summed E-state index contributed by atoms with van der Waals surface area (Å²) in [6.45, 7) is 0. The van der Waals surface area contributed by atoms with Gasteiger partial charge in [-0.1, -0.05) is 12.1 Å². The number of hydrogen-bond donors (Lipinski definition) is 3. The molecule has 2 aliphatic rings. The minimum Gasteiger partial charge on any atom is -0.497 e. The van der Waals surface area contributed by atoms with Gasteiger partial charge >= 0.3 is 0 Å². The van der Waals surface area contributed by atoms with Crippen molar-refractivity contribution in [3.05, 3.63) is 59.4 Å². The van der Waals surface area contributed by atoms with Gasteiger partial charge in [0.15, 0.2) is 0 Å². The number of rotatable bonds is 3. The third kappa shape index (κ3) is 2.99. The first-order valence-corrected chi connectivity index (χ1v) is 8.40. The highest BCUT2D eigenvalue weighted by Gasteiger charge is 2.43. The molecule has 1 heterocycles. The van der Waals surface area contributed by atoms with Crippen LogP contribution in [0.5, 0.6) is 5.75 Å². The van der Waals surface area contributed by atoms with Crippen molar-refractivity contribution in [3.63, 3.8) is 0 Å². The first kappa shape index (κ1) is 16.1. The number of carbonyl (C=O) groups is 1. The zero-order valence-electron chi connectivity index (χ0n) is 13.9. The highest BCUT2D eigenvalue weighted by molar-refractivity contribution is 5.95. The van der Waals surface area contributed by atoms with Gasteiger partial charge in [-0.2, -0.15) is 0 Å². The van der Waals surface area contributed by atoms with Gasteiger partial charge < -0.3 is 10.1 Å². The summed E-state index contributed by atoms with van der Waals surface area (Å²) < 4.78 is 18.6. The van der Waals surface area contributed by atoms with E-state index in [1.165, 1.54) is 23.3 Å². The molecule has 1 aliphatic heterocycles. The van der Waals surface area contributed by atoms with E-state index in [0.29, 0.717) is 5.69 Å². The Morgan fingerprint density at radius 3 is 2.92 bits per heavy atom. The molecule has 0 saturated carbocycles. The number of hydrogen-bond acceptors (Lipinski definition) is 4. The number of benzene rings is 2. The summed E-state index contributed by atoms with van der Waals surface area (Å²) in [6, 6.07) is 11.7. The molecule has 1 fully saturated rings. The van der Waals surface area contributed by atoms with Crippen molar-refractivity contribution in [2.75, 3.05) is 12.4 Å². The van der Waals surface area contributed by atoms with Gasteiger partial charge in [-0.3, -0.25) is 4.79 Å². The topological polar surface area (TPSA) is 62.4 Å². The van der Waals surface area contributed by atoms with Crippen molar-refractivity contribution in [3.8, 4) is 5.75 Å². The second-order valence-corrected chi connectivity index (χ2v) is 6.51. The van der Waals surface area contributed by atoms with Crippen LogP contribution in [0.1, 0.15) is 23.6 Å². The summed E-state index contributed by atoms with van der Waals surface area (Å²) in [7, 11) is 1.66. The van der Waals surface area contributed by atoms with Crippen LogP contribution in [-0.2, 0) is 11.2 Å². The highest BCUT2D eigenvalue weighted by Crippen LogP contribution is 2.40. The molecule has 4 rings (SSSR count). The van der Waals surface area contributed by atoms with Gasteiger partial charge in [0.05, 0.1) is 13.2 Å². The smallest absolute Gasteiger partial charge is 0.243 e. The molecule has 0 aromatic heterocycles. The summed E-state index contributed by atoms with van der Waals surface area (Å²) in [5, 5.41) is 2.80. The lowest BCUT2D eigenvalue weighted by Gasteiger charge is -2.29. The van der Waals surface area contributed by atoms with Crippen LogP contribution in [0.4, 0.5) is 10.1 Å². The fourth-order valence-electron chi connectivity index (χ4n) is 3.83. The number of anilines is 1. The van der Waals surface area contributed by atoms with E-state index in [-0.39, 0.29) is 29.7 Å². The van der Waals surface area contributed by atoms with Crippen LogP contribution in [0, 0.1) is 11.7 Å². The average Bonchev–Trinajstić information content (AvgIpc) is 3.05.